The Hall–Kier alpha value is -2.37. The van der Waals surface area contributed by atoms with E-state index in [4.69, 9.17) is 34.7 Å². The van der Waals surface area contributed by atoms with E-state index in [0.717, 1.165) is 9.26 Å². The smallest absolute Gasteiger partial charge is 0.145 e. The quantitative estimate of drug-likeness (QED) is 0.261. The third kappa shape index (κ3) is 7.81. The van der Waals surface area contributed by atoms with Gasteiger partial charge in [-0.05, 0) is 46.9 Å². The van der Waals surface area contributed by atoms with E-state index in [2.05, 4.69) is 47.9 Å². The Morgan fingerprint density at radius 3 is 2.04 bits per heavy atom. The molecule has 27 heavy (non-hydrogen) atoms. The molecule has 0 bridgehead atoms. The number of nitrogen functional groups attached to an aromatic ring is 2. The molecule has 11 heteroatoms. The second kappa shape index (κ2) is 10.7. The molecule has 8 nitrogen and oxygen atoms in total. The Labute approximate surface area is 179 Å². The first-order valence-corrected chi connectivity index (χ1v) is 9.22. The summed E-state index contributed by atoms with van der Waals surface area (Å²) in [5.74, 6) is 1.09. The maximum atomic E-state index is 5.72. The summed E-state index contributed by atoms with van der Waals surface area (Å²) >= 11 is 13.4. The molecule has 0 fully saturated rings. The van der Waals surface area contributed by atoms with Crippen molar-refractivity contribution in [2.24, 2.45) is 0 Å². The highest BCUT2D eigenvalue weighted by Crippen LogP contribution is 2.12. The number of hydrogen-bond acceptors (Lipinski definition) is 6. The van der Waals surface area contributed by atoms with Gasteiger partial charge in [-0.1, -0.05) is 23.2 Å². The third-order valence-corrected chi connectivity index (χ3v) is 3.88. The molecule has 0 atom stereocenters. The summed E-state index contributed by atoms with van der Waals surface area (Å²) in [5, 5.41) is 11.1. The van der Waals surface area contributed by atoms with Crippen LogP contribution in [0.3, 0.4) is 0 Å². The Balaban J connectivity index is 0.000000159. The van der Waals surface area contributed by atoms with Gasteiger partial charge in [0.1, 0.15) is 21.9 Å². The second-order valence-electron chi connectivity index (χ2n) is 4.83. The van der Waals surface area contributed by atoms with Crippen molar-refractivity contribution in [3.63, 3.8) is 0 Å². The van der Waals surface area contributed by atoms with Gasteiger partial charge in [0.15, 0.2) is 0 Å². The number of nitrogens with two attached hydrogens (primary N) is 2. The summed E-state index contributed by atoms with van der Waals surface area (Å²) in [6.07, 6.45) is 6.68. The lowest BCUT2D eigenvalue weighted by Gasteiger charge is -1.99. The van der Waals surface area contributed by atoms with E-state index in [1.807, 2.05) is 12.1 Å². The van der Waals surface area contributed by atoms with Crippen LogP contribution in [0, 0.1) is 3.57 Å². The molecule has 4 aromatic rings. The van der Waals surface area contributed by atoms with Crippen LogP contribution in [-0.2, 0) is 0 Å². The van der Waals surface area contributed by atoms with Crippen molar-refractivity contribution in [2.75, 3.05) is 11.5 Å². The fourth-order valence-corrected chi connectivity index (χ4v) is 2.64. The van der Waals surface area contributed by atoms with Crippen molar-refractivity contribution in [2.45, 2.75) is 0 Å². The molecule has 0 unspecified atom stereocenters. The van der Waals surface area contributed by atoms with Crippen LogP contribution in [0.1, 0.15) is 0 Å². The van der Waals surface area contributed by atoms with Crippen molar-refractivity contribution < 1.29 is 0 Å². The Kier molecular flexibility index (Phi) is 8.30. The number of nitrogens with zero attached hydrogens (tertiary/aromatic N) is 5. The Morgan fingerprint density at radius 2 is 1.63 bits per heavy atom. The van der Waals surface area contributed by atoms with E-state index in [0.29, 0.717) is 21.9 Å². The number of rotatable bonds is 1. The number of nitrogens with one attached hydrogen (secondary N) is 1. The summed E-state index contributed by atoms with van der Waals surface area (Å²) in [6.45, 7) is 0. The van der Waals surface area contributed by atoms with Gasteiger partial charge in [0.25, 0.3) is 0 Å². The van der Waals surface area contributed by atoms with Crippen LogP contribution in [0.5, 0.6) is 0 Å². The lowest BCUT2D eigenvalue weighted by atomic mass is 10.4. The van der Waals surface area contributed by atoms with Crippen molar-refractivity contribution in [3.05, 3.63) is 75.1 Å². The first kappa shape index (κ1) is 20.9. The number of halogens is 3. The van der Waals surface area contributed by atoms with Gasteiger partial charge in [0, 0.05) is 34.3 Å². The van der Waals surface area contributed by atoms with Gasteiger partial charge in [0.2, 0.25) is 0 Å². The van der Waals surface area contributed by atoms with Gasteiger partial charge >= 0.3 is 0 Å². The van der Waals surface area contributed by atoms with Crippen LogP contribution >= 0.6 is 45.8 Å². The van der Waals surface area contributed by atoms with Crippen LogP contribution in [0.15, 0.2) is 61.2 Å². The fraction of sp³-hybridized carbons (Fsp3) is 0. The number of aromatic amines is 1. The van der Waals surface area contributed by atoms with Crippen molar-refractivity contribution in [3.8, 4) is 5.69 Å². The average Bonchev–Trinajstić information content (AvgIpc) is 3.27. The van der Waals surface area contributed by atoms with Crippen molar-refractivity contribution >= 4 is 57.4 Å². The SMILES string of the molecule is Clc1cc(I)ccn1.Nc1ccn(-c2ccnc(Cl)c2)n1.Nc1ccn[nH]1. The number of hydrogen-bond donors (Lipinski definition) is 3. The normalized spacial score (nSPS) is 9.59. The molecule has 4 aromatic heterocycles. The van der Waals surface area contributed by atoms with Crippen LogP contribution in [0.2, 0.25) is 10.3 Å². The average molecular weight is 517 g/mol. The van der Waals surface area contributed by atoms with Gasteiger partial charge in [-0.25, -0.2) is 14.6 Å². The van der Waals surface area contributed by atoms with E-state index < -0.39 is 0 Å². The highest BCUT2D eigenvalue weighted by Gasteiger charge is 1.98. The van der Waals surface area contributed by atoms with E-state index in [9.17, 15) is 0 Å². The summed E-state index contributed by atoms with van der Waals surface area (Å²) in [5.41, 5.74) is 11.5. The molecular weight excluding hydrogens is 502 g/mol. The standard InChI is InChI=1S/C8H7ClN4.C5H3ClIN.C3H5N3/c9-7-5-6(1-3-11-7)13-4-2-8(10)12-13;6-5-3-4(7)1-2-8-5;4-3-1-2-5-6-3/h1-5H,(H2,10,12);1-3H;1-2H,(H3,4,5,6). The van der Waals surface area contributed by atoms with Crippen LogP contribution < -0.4 is 11.5 Å². The Bertz CT molecular complexity index is 941. The molecule has 140 valence electrons. The molecule has 0 aromatic carbocycles. The summed E-state index contributed by atoms with van der Waals surface area (Å²) in [4.78, 5) is 7.67. The van der Waals surface area contributed by atoms with Crippen molar-refractivity contribution in [1.29, 1.82) is 0 Å². The molecule has 0 saturated heterocycles. The minimum atomic E-state index is 0.437. The molecule has 0 amide bonds. The van der Waals surface area contributed by atoms with Crippen molar-refractivity contribution in [1.82, 2.24) is 29.9 Å². The van der Waals surface area contributed by atoms with E-state index in [1.165, 1.54) is 0 Å². The lowest BCUT2D eigenvalue weighted by Crippen LogP contribution is -1.96. The minimum Gasteiger partial charge on any atom is -0.384 e. The lowest BCUT2D eigenvalue weighted by molar-refractivity contribution is 0.883. The molecule has 0 radical (unpaired) electrons. The molecule has 0 aliphatic heterocycles. The predicted octanol–water partition coefficient (Wildman–Crippen LogP) is 3.83. The zero-order valence-electron chi connectivity index (χ0n) is 13.8. The van der Waals surface area contributed by atoms with Gasteiger partial charge in [-0.15, -0.1) is 0 Å². The molecular formula is C16H15Cl2IN8. The first-order valence-electron chi connectivity index (χ1n) is 7.39. The summed E-state index contributed by atoms with van der Waals surface area (Å²) < 4.78 is 2.76. The molecule has 0 aliphatic rings. The van der Waals surface area contributed by atoms with Crippen LogP contribution in [0.4, 0.5) is 11.6 Å². The number of H-pyrrole nitrogens is 1. The monoisotopic (exact) mass is 516 g/mol. The maximum Gasteiger partial charge on any atom is 0.145 e. The zero-order valence-corrected chi connectivity index (χ0v) is 17.5. The van der Waals surface area contributed by atoms with Crippen LogP contribution in [-0.4, -0.2) is 29.9 Å². The molecule has 4 heterocycles. The highest BCUT2D eigenvalue weighted by molar-refractivity contribution is 14.1. The first-order chi connectivity index (χ1) is 12.9. The summed E-state index contributed by atoms with van der Waals surface area (Å²) in [7, 11) is 0. The molecule has 0 aliphatic carbocycles. The van der Waals surface area contributed by atoms with E-state index >= 15 is 0 Å². The van der Waals surface area contributed by atoms with Gasteiger partial charge < -0.3 is 11.5 Å². The minimum absolute atomic E-state index is 0.437. The summed E-state index contributed by atoms with van der Waals surface area (Å²) in [6, 6.07) is 10.6. The van der Waals surface area contributed by atoms with Gasteiger partial charge in [-0.2, -0.15) is 10.2 Å². The topological polar surface area (TPSA) is 124 Å². The largest absolute Gasteiger partial charge is 0.384 e. The number of anilines is 2. The highest BCUT2D eigenvalue weighted by atomic mass is 127. The third-order valence-electron chi connectivity index (χ3n) is 2.80. The van der Waals surface area contributed by atoms with Gasteiger partial charge in [-0.3, -0.25) is 5.10 Å². The zero-order chi connectivity index (χ0) is 19.6. The van der Waals surface area contributed by atoms with E-state index in [1.54, 1.807) is 53.7 Å². The van der Waals surface area contributed by atoms with Gasteiger partial charge in [0.05, 0.1) is 11.9 Å². The second-order valence-corrected chi connectivity index (χ2v) is 6.85. The molecule has 5 N–H and O–H groups in total. The maximum absolute atomic E-state index is 5.72. The van der Waals surface area contributed by atoms with Crippen LogP contribution in [0.25, 0.3) is 5.69 Å². The fourth-order valence-electron chi connectivity index (χ4n) is 1.66. The number of aromatic nitrogens is 6. The predicted molar refractivity (Wildman–Crippen MR) is 116 cm³/mol. The Morgan fingerprint density at radius 1 is 0.926 bits per heavy atom. The molecule has 4 rings (SSSR count). The van der Waals surface area contributed by atoms with E-state index in [-0.39, 0.29) is 0 Å². The molecule has 0 spiro atoms. The molecule has 0 saturated carbocycles. The number of pyridine rings is 2.